The topological polar surface area (TPSA) is 42.2 Å². The monoisotopic (exact) mass is 283 g/mol. The molecule has 0 spiro atoms. The van der Waals surface area contributed by atoms with Gasteiger partial charge in [-0.2, -0.15) is 5.26 Å². The van der Waals surface area contributed by atoms with Crippen LogP contribution in [0.15, 0.2) is 48.5 Å². The molecule has 0 aliphatic carbocycles. The molecule has 0 atom stereocenters. The summed E-state index contributed by atoms with van der Waals surface area (Å²) in [5.41, 5.74) is 1.72. The van der Waals surface area contributed by atoms with Gasteiger partial charge in [0.1, 0.15) is 12.4 Å². The number of halogens is 1. The predicted octanol–water partition coefficient (Wildman–Crippen LogP) is 3.95. The molecule has 0 aromatic heterocycles. The molecule has 2 rings (SSSR count). The van der Waals surface area contributed by atoms with Gasteiger partial charge in [-0.1, -0.05) is 18.2 Å². The van der Waals surface area contributed by atoms with Crippen molar-refractivity contribution in [2.24, 2.45) is 0 Å². The van der Waals surface area contributed by atoms with Crippen molar-refractivity contribution in [3.05, 3.63) is 65.5 Å². The lowest BCUT2D eigenvalue weighted by molar-refractivity contribution is 0.284. The summed E-state index contributed by atoms with van der Waals surface area (Å²) in [4.78, 5) is 0. The summed E-state index contributed by atoms with van der Waals surface area (Å²) in [6.45, 7) is 0.323. The van der Waals surface area contributed by atoms with E-state index in [0.29, 0.717) is 18.1 Å². The lowest BCUT2D eigenvalue weighted by atomic mass is 10.2. The van der Waals surface area contributed by atoms with Crippen molar-refractivity contribution in [1.29, 1.82) is 5.26 Å². The molecule has 0 aliphatic heterocycles. The van der Waals surface area contributed by atoms with Gasteiger partial charge >= 0.3 is 0 Å². The fourth-order valence-corrected chi connectivity index (χ4v) is 1.78. The number of nitrogens with zero attached hydrogens (tertiary/aromatic N) is 1. The van der Waals surface area contributed by atoms with Crippen molar-refractivity contribution in [1.82, 2.24) is 0 Å². The van der Waals surface area contributed by atoms with Crippen LogP contribution in [0, 0.1) is 17.1 Å². The quantitative estimate of drug-likeness (QED) is 0.780. The molecule has 0 unspecified atom stereocenters. The minimum Gasteiger partial charge on any atom is -0.493 e. The molecule has 0 amide bonds. The molecule has 0 radical (unpaired) electrons. The zero-order valence-corrected chi connectivity index (χ0v) is 11.5. The Balaban J connectivity index is 2.10. The summed E-state index contributed by atoms with van der Waals surface area (Å²) in [5, 5.41) is 8.52. The molecule has 0 aliphatic rings. The highest BCUT2D eigenvalue weighted by molar-refractivity contribution is 5.57. The zero-order chi connectivity index (χ0) is 15.1. The second kappa shape index (κ2) is 7.11. The van der Waals surface area contributed by atoms with Gasteiger partial charge in [0.25, 0.3) is 0 Å². The SMILES string of the molecule is COc1cc(/C=C/C#N)ccc1OCc1ccc(F)cc1. The highest BCUT2D eigenvalue weighted by Gasteiger charge is 2.05. The summed E-state index contributed by atoms with van der Waals surface area (Å²) in [7, 11) is 1.55. The Morgan fingerprint density at radius 2 is 1.90 bits per heavy atom. The Labute approximate surface area is 122 Å². The molecule has 2 aromatic rings. The zero-order valence-electron chi connectivity index (χ0n) is 11.5. The predicted molar refractivity (Wildman–Crippen MR) is 78.4 cm³/mol. The normalized spacial score (nSPS) is 10.3. The Kier molecular flexibility index (Phi) is 4.94. The number of rotatable bonds is 5. The fraction of sp³-hybridized carbons (Fsp3) is 0.118. The standard InChI is InChI=1S/C17H14FNO2/c1-20-17-11-13(3-2-10-19)6-9-16(17)21-12-14-4-7-15(18)8-5-14/h2-9,11H,12H2,1H3/b3-2+. The molecule has 3 nitrogen and oxygen atoms in total. The Bertz CT molecular complexity index is 672. The third kappa shape index (κ3) is 4.08. The van der Waals surface area contributed by atoms with E-state index in [1.54, 1.807) is 37.5 Å². The molecule has 0 fully saturated rings. The van der Waals surface area contributed by atoms with E-state index >= 15 is 0 Å². The van der Waals surface area contributed by atoms with Gasteiger partial charge in [0.2, 0.25) is 0 Å². The van der Waals surface area contributed by atoms with Crippen LogP contribution in [0.1, 0.15) is 11.1 Å². The lowest BCUT2D eigenvalue weighted by Gasteiger charge is -2.11. The van der Waals surface area contributed by atoms with E-state index in [9.17, 15) is 4.39 Å². The summed E-state index contributed by atoms with van der Waals surface area (Å²) in [5.74, 6) is 0.901. The van der Waals surface area contributed by atoms with E-state index < -0.39 is 0 Å². The third-order valence-electron chi connectivity index (χ3n) is 2.85. The van der Waals surface area contributed by atoms with Crippen LogP contribution in [0.25, 0.3) is 6.08 Å². The second-order valence-electron chi connectivity index (χ2n) is 4.29. The van der Waals surface area contributed by atoms with Gasteiger partial charge in [0, 0.05) is 6.08 Å². The summed E-state index contributed by atoms with van der Waals surface area (Å²) in [6, 6.07) is 13.5. The van der Waals surface area contributed by atoms with Gasteiger partial charge in [-0.25, -0.2) is 4.39 Å². The van der Waals surface area contributed by atoms with Gasteiger partial charge in [-0.3, -0.25) is 0 Å². The maximum Gasteiger partial charge on any atom is 0.161 e. The fourth-order valence-electron chi connectivity index (χ4n) is 1.78. The van der Waals surface area contributed by atoms with E-state index in [1.165, 1.54) is 18.2 Å². The summed E-state index contributed by atoms with van der Waals surface area (Å²) in [6.07, 6.45) is 3.08. The average Bonchev–Trinajstić information content (AvgIpc) is 2.52. The number of hydrogen-bond donors (Lipinski definition) is 0. The van der Waals surface area contributed by atoms with Gasteiger partial charge in [-0.15, -0.1) is 0 Å². The van der Waals surface area contributed by atoms with Crippen LogP contribution < -0.4 is 9.47 Å². The average molecular weight is 283 g/mol. The lowest BCUT2D eigenvalue weighted by Crippen LogP contribution is -1.98. The molecule has 0 N–H and O–H groups in total. The van der Waals surface area contributed by atoms with Crippen molar-refractivity contribution in [3.8, 4) is 17.6 Å². The van der Waals surface area contributed by atoms with Gasteiger partial charge in [-0.05, 0) is 41.5 Å². The first-order valence-corrected chi connectivity index (χ1v) is 6.34. The summed E-state index contributed by atoms with van der Waals surface area (Å²) < 4.78 is 23.8. The highest BCUT2D eigenvalue weighted by atomic mass is 19.1. The first-order valence-electron chi connectivity index (χ1n) is 6.34. The largest absolute Gasteiger partial charge is 0.493 e. The van der Waals surface area contributed by atoms with E-state index in [4.69, 9.17) is 14.7 Å². The van der Waals surface area contributed by atoms with Gasteiger partial charge in [0.15, 0.2) is 11.5 Å². The molecular formula is C17H14FNO2. The molecule has 0 saturated heterocycles. The maximum absolute atomic E-state index is 12.8. The van der Waals surface area contributed by atoms with Crippen molar-refractivity contribution in [2.45, 2.75) is 6.61 Å². The molecular weight excluding hydrogens is 269 g/mol. The first-order chi connectivity index (χ1) is 10.2. The van der Waals surface area contributed by atoms with E-state index in [2.05, 4.69) is 0 Å². The molecule has 4 heteroatoms. The van der Waals surface area contributed by atoms with E-state index in [-0.39, 0.29) is 5.82 Å². The molecule has 0 saturated carbocycles. The first kappa shape index (κ1) is 14.6. The summed E-state index contributed by atoms with van der Waals surface area (Å²) >= 11 is 0. The second-order valence-corrected chi connectivity index (χ2v) is 4.29. The van der Waals surface area contributed by atoms with Crippen LogP contribution in [0.4, 0.5) is 4.39 Å². The molecule has 2 aromatic carbocycles. The van der Waals surface area contributed by atoms with Gasteiger partial charge < -0.3 is 9.47 Å². The van der Waals surface area contributed by atoms with Crippen LogP contribution in [0.3, 0.4) is 0 Å². The molecule has 21 heavy (non-hydrogen) atoms. The number of methoxy groups -OCH3 is 1. The maximum atomic E-state index is 12.8. The van der Waals surface area contributed by atoms with Crippen LogP contribution in [0.2, 0.25) is 0 Å². The number of benzene rings is 2. The van der Waals surface area contributed by atoms with Crippen LogP contribution in [0.5, 0.6) is 11.5 Å². The minimum atomic E-state index is -0.273. The highest BCUT2D eigenvalue weighted by Crippen LogP contribution is 2.29. The Morgan fingerprint density at radius 1 is 1.14 bits per heavy atom. The van der Waals surface area contributed by atoms with Crippen LogP contribution in [-0.2, 0) is 6.61 Å². The molecule has 106 valence electrons. The van der Waals surface area contributed by atoms with Crippen LogP contribution in [-0.4, -0.2) is 7.11 Å². The van der Waals surface area contributed by atoms with Crippen LogP contribution >= 0.6 is 0 Å². The number of allylic oxidation sites excluding steroid dienone is 1. The number of hydrogen-bond acceptors (Lipinski definition) is 3. The van der Waals surface area contributed by atoms with Crippen molar-refractivity contribution in [2.75, 3.05) is 7.11 Å². The number of nitriles is 1. The third-order valence-corrected chi connectivity index (χ3v) is 2.85. The molecule has 0 bridgehead atoms. The van der Waals surface area contributed by atoms with Gasteiger partial charge in [0.05, 0.1) is 13.2 Å². The number of ether oxygens (including phenoxy) is 2. The molecule has 0 heterocycles. The van der Waals surface area contributed by atoms with E-state index in [0.717, 1.165) is 11.1 Å². The van der Waals surface area contributed by atoms with Crippen molar-refractivity contribution in [3.63, 3.8) is 0 Å². The Morgan fingerprint density at radius 3 is 2.57 bits per heavy atom. The minimum absolute atomic E-state index is 0.273. The van der Waals surface area contributed by atoms with E-state index in [1.807, 2.05) is 12.1 Å². The smallest absolute Gasteiger partial charge is 0.161 e. The van der Waals surface area contributed by atoms with Crippen molar-refractivity contribution < 1.29 is 13.9 Å². The Hall–Kier alpha value is -2.80. The van der Waals surface area contributed by atoms with Crippen molar-refractivity contribution >= 4 is 6.08 Å².